The molecule has 6 aromatic rings. The number of Topliss-reactive ketones (excluding diaryl/α,β-unsaturated/α-hetero) is 1. The molecule has 3 aliphatic heterocycles. The number of sulfone groups is 1. The number of hydrogen-bond acceptors (Lipinski definition) is 25. The first-order chi connectivity index (χ1) is 61.1. The first kappa shape index (κ1) is 110. The van der Waals surface area contributed by atoms with Crippen LogP contribution in [-0.4, -0.2) is 269 Å². The van der Waals surface area contributed by atoms with E-state index in [1.165, 1.54) is 6.08 Å². The first-order valence-electron chi connectivity index (χ1n) is 42.6. The normalized spacial score (nSPS) is 15.2. The molecule has 3 heterocycles. The summed E-state index contributed by atoms with van der Waals surface area (Å²) in [5, 5.41) is 17.1. The molecule has 3 atom stereocenters. The smallest absolute Gasteiger partial charge is 0.314 e. The predicted octanol–water partition coefficient (Wildman–Crippen LogP) is 13.4. The minimum Gasteiger partial charge on any atom is -0.428 e. The summed E-state index contributed by atoms with van der Waals surface area (Å²) in [7, 11) is -4.62. The lowest BCUT2D eigenvalue weighted by atomic mass is 9.85. The van der Waals surface area contributed by atoms with Crippen molar-refractivity contribution in [2.24, 2.45) is 10.7 Å². The molecule has 0 aliphatic carbocycles. The van der Waals surface area contributed by atoms with E-state index < -0.39 is 29.9 Å². The third-order valence-electron chi connectivity index (χ3n) is 20.1. The van der Waals surface area contributed by atoms with Crippen molar-refractivity contribution in [2.45, 2.75) is 124 Å². The molecule has 38 heteroatoms. The molecule has 0 fully saturated rings. The highest BCUT2D eigenvalue weighted by atomic mass is 35.5. The predicted molar refractivity (Wildman–Crippen MR) is 496 cm³/mol. The van der Waals surface area contributed by atoms with Crippen molar-refractivity contribution < 1.29 is 87.0 Å². The lowest BCUT2D eigenvalue weighted by molar-refractivity contribution is -0.119. The molecule has 29 nitrogen and oxygen atoms in total. The van der Waals surface area contributed by atoms with Gasteiger partial charge in [0.05, 0.1) is 133 Å². The molecule has 3 aliphatic rings. The number of sulfonamides is 2. The zero-order chi connectivity index (χ0) is 92.3. The molecular weight excluding hydrogens is 1820 g/mol. The Morgan fingerprint density at radius 3 is 1.17 bits per heavy atom. The molecule has 0 bridgehead atoms. The number of rotatable bonds is 55. The number of carbonyl (C=O) groups excluding carboxylic acids is 3. The van der Waals surface area contributed by atoms with Crippen LogP contribution >= 0.6 is 69.6 Å². The van der Waals surface area contributed by atoms with Crippen molar-refractivity contribution in [3.63, 3.8) is 0 Å². The highest BCUT2D eigenvalue weighted by molar-refractivity contribution is 7.91. The van der Waals surface area contributed by atoms with Gasteiger partial charge in [-0.05, 0) is 183 Å². The Kier molecular flexibility index (Phi) is 53.2. The summed E-state index contributed by atoms with van der Waals surface area (Å²) in [6, 6.07) is 32.0. The third kappa shape index (κ3) is 41.3. The lowest BCUT2D eigenvalue weighted by Gasteiger charge is -2.33. The van der Waals surface area contributed by atoms with Gasteiger partial charge in [-0.2, -0.15) is 5.26 Å². The molecular formula is C89H124Cl6N10O19S3. The van der Waals surface area contributed by atoms with E-state index in [9.17, 15) is 39.6 Å². The number of benzene rings is 6. The number of halogens is 6. The average Bonchev–Trinajstić information content (AvgIpc) is 0.784. The van der Waals surface area contributed by atoms with Gasteiger partial charge in [0.2, 0.25) is 26.1 Å². The van der Waals surface area contributed by atoms with E-state index in [1.54, 1.807) is 60.9 Å². The Morgan fingerprint density at radius 2 is 0.795 bits per heavy atom. The van der Waals surface area contributed by atoms with Crippen molar-refractivity contribution in [3.8, 4) is 6.26 Å². The summed E-state index contributed by atoms with van der Waals surface area (Å²) in [5.74, 6) is 0.466. The Bertz CT molecular complexity index is 4520. The molecule has 2 amide bonds. The van der Waals surface area contributed by atoms with E-state index in [0.717, 1.165) is 128 Å². The summed E-state index contributed by atoms with van der Waals surface area (Å²) >= 11 is 38.2. The maximum absolute atomic E-state index is 12.9. The molecule has 6 aromatic carbocycles. The van der Waals surface area contributed by atoms with Gasteiger partial charge < -0.3 is 78.4 Å². The topological polar surface area (TPSA) is 366 Å². The lowest BCUT2D eigenvalue weighted by Crippen LogP contribution is -2.37. The molecule has 127 heavy (non-hydrogen) atoms. The second kappa shape index (κ2) is 61.6. The average molecular weight is 1950 g/mol. The van der Waals surface area contributed by atoms with Gasteiger partial charge in [-0.1, -0.05) is 126 Å². The maximum Gasteiger partial charge on any atom is 0.314 e. The number of aliphatic imine (C=N–C) groups is 1. The summed E-state index contributed by atoms with van der Waals surface area (Å²) in [5.41, 5.74) is 14.8. The number of ketones is 1. The van der Waals surface area contributed by atoms with E-state index in [-0.39, 0.29) is 65.6 Å². The van der Waals surface area contributed by atoms with Crippen LogP contribution in [0, 0.1) is 11.5 Å². The largest absolute Gasteiger partial charge is 0.428 e. The number of ether oxygens (including phenoxy) is 10. The van der Waals surface area contributed by atoms with Gasteiger partial charge in [-0.25, -0.2) is 49.3 Å². The van der Waals surface area contributed by atoms with Gasteiger partial charge in [-0.15, -0.1) is 0 Å². The molecule has 9 rings (SSSR count). The molecule has 0 aromatic heterocycles. The number of nitrogens with zero attached hydrogens (tertiary/aromatic N) is 5. The zero-order valence-electron chi connectivity index (χ0n) is 73.2. The second-order valence-electron chi connectivity index (χ2n) is 30.1. The number of unbranched alkanes of at least 4 members (excludes halogenated alkanes) is 2. The van der Waals surface area contributed by atoms with Crippen LogP contribution in [0.25, 0.3) is 0 Å². The Balaban J connectivity index is 0.000000279. The number of isocyanates is 1. The SMILES string of the molecule is CCCCC(=O)CCCOCCOCCOCCCS(=O)(=O)c1ccc([C@@H]2CN(C)Cc3c(Cl)cc(Cl)cc32)cc1.CCCNC(=O)NCCOCCOCCOCCNS(=O)(=O)c1ccc([C@@H]2CN(C)Cc3c(Cl)cc(Cl)cc32)cc1.CN1Cc2c(Cl)cc(Cl)cc2[C@H](c2ccc(S(=O)(=O)NCCOCCOCCOCCN)cc2)C1.N#COCCCCN=C=O. The fourth-order valence-electron chi connectivity index (χ4n) is 13.8. The van der Waals surface area contributed by atoms with Crippen LogP contribution in [0.1, 0.15) is 139 Å². The van der Waals surface area contributed by atoms with Crippen LogP contribution in [0.15, 0.2) is 129 Å². The highest BCUT2D eigenvalue weighted by Gasteiger charge is 2.32. The third-order valence-corrected chi connectivity index (χ3v) is 26.5. The molecule has 0 unspecified atom stereocenters. The number of urea groups is 1. The van der Waals surface area contributed by atoms with Crippen LogP contribution < -0.4 is 25.8 Å². The van der Waals surface area contributed by atoms with Crippen molar-refractivity contribution in [1.82, 2.24) is 34.8 Å². The maximum atomic E-state index is 12.9. The van der Waals surface area contributed by atoms with Crippen molar-refractivity contribution >= 4 is 117 Å². The fraction of sp³-hybridized carbons (Fsp3) is 0.551. The number of amides is 2. The van der Waals surface area contributed by atoms with E-state index in [0.29, 0.717) is 199 Å². The monoisotopic (exact) mass is 1940 g/mol. The summed E-state index contributed by atoms with van der Waals surface area (Å²) in [6.07, 6.45) is 9.77. The minimum absolute atomic E-state index is 0.0161. The van der Waals surface area contributed by atoms with Gasteiger partial charge in [0.25, 0.3) is 6.26 Å². The van der Waals surface area contributed by atoms with Crippen molar-refractivity contribution in [2.75, 3.05) is 211 Å². The number of fused-ring (bicyclic) bond motifs is 3. The minimum atomic E-state index is -3.68. The quantitative estimate of drug-likeness (QED) is 0.0102. The molecule has 0 spiro atoms. The first-order valence-corrected chi connectivity index (χ1v) is 49.5. The van der Waals surface area contributed by atoms with E-state index in [1.807, 2.05) is 82.7 Å². The van der Waals surface area contributed by atoms with Gasteiger partial charge in [0.1, 0.15) is 12.4 Å². The molecule has 0 saturated carbocycles. The van der Waals surface area contributed by atoms with Crippen LogP contribution in [0.5, 0.6) is 0 Å². The fourth-order valence-corrected chi connectivity index (χ4v) is 18.8. The number of likely N-dealkylation sites (N-methyl/N-ethyl adjacent to an activating group) is 3. The number of carbonyl (C=O) groups is 2. The standard InChI is InChI=1S/C31H43Cl2NO6S.C28H40Cl2N4O6S.C24H33Cl2N3O5S.C6H8N2O2/c1-3-4-7-26(35)8-5-13-38-15-17-40-18-16-39-14-6-19-41(36,37)27-11-9-24(10-12-27)29-22-34(2)23-30-28(29)20-25(32)21-31(30)33;1-3-8-31-28(35)32-9-11-38-13-15-40-16-14-39-12-10-33-41(36,37)23-6-4-21(5-7-23)25-19-34(2)20-26-24(25)17-22(29)18-27(26)30;1-29-16-22(21-14-19(25)15-24(26)23(21)17-29)18-2-4-20(5-3-18)35(30,31)28-7-9-33-11-13-34-12-10-32-8-6-27;7-5-10-4-2-1-3-8-6-9/h9-12,20-21,29H,3-8,13-19,22-23H2,1-2H3;4-7,17-18,25,33H,3,8-16,19-20H2,1-2H3,(H2,31,32,35);2-5,14-15,22,28H,6-13,16-17,27H2,1H3;1-4H2/t29-;25-;22-;/m000./s1. The number of nitrogens with two attached hydrogens (primary N) is 1. The summed E-state index contributed by atoms with van der Waals surface area (Å²) in [4.78, 5) is 43.1. The van der Waals surface area contributed by atoms with Crippen LogP contribution in [0.2, 0.25) is 30.1 Å². The second-order valence-corrected chi connectivity index (χ2v) is 38.3. The number of nitriles is 1. The number of hydrogen-bond donors (Lipinski definition) is 5. The van der Waals surface area contributed by atoms with Crippen LogP contribution in [0.4, 0.5) is 4.79 Å². The Morgan fingerprint density at radius 1 is 0.441 bits per heavy atom. The Labute approximate surface area is 780 Å². The Hall–Kier alpha value is -6.08. The molecule has 0 radical (unpaired) electrons. The molecule has 6 N–H and O–H groups in total. The molecule has 0 saturated heterocycles. The van der Waals surface area contributed by atoms with Crippen LogP contribution in [-0.2, 0) is 106 Å². The molecule has 704 valence electrons. The van der Waals surface area contributed by atoms with Crippen molar-refractivity contribution in [1.29, 1.82) is 5.26 Å². The van der Waals surface area contributed by atoms with Crippen molar-refractivity contribution in [3.05, 3.63) is 189 Å². The van der Waals surface area contributed by atoms with E-state index in [2.05, 4.69) is 51.4 Å². The van der Waals surface area contributed by atoms with Gasteiger partial charge >= 0.3 is 6.03 Å². The van der Waals surface area contributed by atoms with Crippen LogP contribution in [0.3, 0.4) is 0 Å². The van der Waals surface area contributed by atoms with E-state index in [4.69, 9.17) is 123 Å². The zero-order valence-corrected chi connectivity index (χ0v) is 80.2. The van der Waals surface area contributed by atoms with E-state index >= 15 is 0 Å². The van der Waals surface area contributed by atoms with Gasteiger partial charge in [0.15, 0.2) is 9.84 Å². The summed E-state index contributed by atoms with van der Waals surface area (Å²) in [6.45, 7) is 18.7. The highest BCUT2D eigenvalue weighted by Crippen LogP contribution is 2.42. The van der Waals surface area contributed by atoms with Gasteiger partial charge in [-0.3, -0.25) is 4.79 Å². The van der Waals surface area contributed by atoms with Gasteiger partial charge in [0, 0.05) is 146 Å². The number of nitrogens with one attached hydrogen (secondary N) is 4. The summed E-state index contributed by atoms with van der Waals surface area (Å²) < 4.78 is 135.